The minimum atomic E-state index is -0.852. The molecule has 0 bridgehead atoms. The first-order chi connectivity index (χ1) is 11.1. The van der Waals surface area contributed by atoms with Gasteiger partial charge in [-0.05, 0) is 61.8 Å². The molecule has 2 N–H and O–H groups in total. The van der Waals surface area contributed by atoms with Crippen molar-refractivity contribution in [3.05, 3.63) is 59.9 Å². The van der Waals surface area contributed by atoms with Gasteiger partial charge < -0.3 is 10.4 Å². The lowest BCUT2D eigenvalue weighted by Gasteiger charge is -2.35. The van der Waals surface area contributed by atoms with Crippen LogP contribution in [0.25, 0.3) is 0 Å². The highest BCUT2D eigenvalue weighted by molar-refractivity contribution is 8.93. The first-order valence-corrected chi connectivity index (χ1v) is 8.40. The Hall–Kier alpha value is -1.37. The van der Waals surface area contributed by atoms with Crippen molar-refractivity contribution in [2.45, 2.75) is 28.0 Å². The number of hydrogen-bond donors (Lipinski definition) is 2. The second-order valence-electron chi connectivity index (χ2n) is 5.69. The Morgan fingerprint density at radius 2 is 1.71 bits per heavy atom. The zero-order valence-electron chi connectivity index (χ0n) is 13.0. The monoisotopic (exact) mass is 411 g/mol. The first kappa shape index (κ1) is 19.0. The fourth-order valence-corrected chi connectivity index (χ4v) is 4.08. The van der Waals surface area contributed by atoms with Gasteiger partial charge in [0.2, 0.25) is 0 Å². The number of aliphatic carboxylic acids is 1. The predicted molar refractivity (Wildman–Crippen MR) is 98.7 cm³/mol. The first-order valence-electron chi connectivity index (χ1n) is 7.59. The average Bonchev–Trinajstić information content (AvgIpc) is 2.58. The molecule has 0 atom stereocenters. The van der Waals surface area contributed by atoms with Crippen LogP contribution in [0.4, 0.5) is 4.39 Å². The summed E-state index contributed by atoms with van der Waals surface area (Å²) in [6.07, 6.45) is 1.15. The van der Waals surface area contributed by atoms with Crippen LogP contribution < -0.4 is 5.32 Å². The lowest BCUT2D eigenvalue weighted by molar-refractivity contribution is -0.145. The molecular weight excluding hydrogens is 393 g/mol. The minimum Gasteiger partial charge on any atom is -0.481 e. The SMILES string of the molecule is Br.O=C(O)C1(c2ccccc2Sc2ccc(F)cc2)CCNCC1. The topological polar surface area (TPSA) is 49.3 Å². The van der Waals surface area contributed by atoms with Crippen molar-refractivity contribution in [2.24, 2.45) is 0 Å². The summed E-state index contributed by atoms with van der Waals surface area (Å²) in [5, 5.41) is 13.1. The fourth-order valence-electron chi connectivity index (χ4n) is 3.03. The number of carboxylic acid groups (broad SMARTS) is 1. The van der Waals surface area contributed by atoms with Gasteiger partial charge >= 0.3 is 5.97 Å². The predicted octanol–water partition coefficient (Wildman–Crippen LogP) is 4.26. The Balaban J connectivity index is 0.00000208. The molecular formula is C18H19BrFNO2S. The second-order valence-corrected chi connectivity index (χ2v) is 6.80. The van der Waals surface area contributed by atoms with E-state index < -0.39 is 11.4 Å². The van der Waals surface area contributed by atoms with Gasteiger partial charge in [-0.2, -0.15) is 0 Å². The molecule has 1 fully saturated rings. The van der Waals surface area contributed by atoms with Gasteiger partial charge in [0.1, 0.15) is 5.82 Å². The molecule has 3 nitrogen and oxygen atoms in total. The summed E-state index contributed by atoms with van der Waals surface area (Å²) in [7, 11) is 0. The van der Waals surface area contributed by atoms with Crippen molar-refractivity contribution >= 4 is 34.7 Å². The third-order valence-electron chi connectivity index (χ3n) is 4.31. The molecule has 1 aliphatic rings. The third kappa shape index (κ3) is 3.82. The number of carboxylic acids is 1. The average molecular weight is 412 g/mol. The van der Waals surface area contributed by atoms with E-state index in [9.17, 15) is 14.3 Å². The van der Waals surface area contributed by atoms with Crippen LogP contribution in [0.5, 0.6) is 0 Å². The quantitative estimate of drug-likeness (QED) is 0.788. The van der Waals surface area contributed by atoms with E-state index in [-0.39, 0.29) is 22.8 Å². The summed E-state index contributed by atoms with van der Waals surface area (Å²) in [5.74, 6) is -1.05. The van der Waals surface area contributed by atoms with Gasteiger partial charge in [-0.25, -0.2) is 4.39 Å². The maximum Gasteiger partial charge on any atom is 0.314 e. The summed E-state index contributed by atoms with van der Waals surface area (Å²) in [6, 6.07) is 13.9. The smallest absolute Gasteiger partial charge is 0.314 e. The van der Waals surface area contributed by atoms with Crippen LogP contribution in [-0.4, -0.2) is 24.2 Å². The third-order valence-corrected chi connectivity index (χ3v) is 5.39. The van der Waals surface area contributed by atoms with E-state index in [1.807, 2.05) is 24.3 Å². The molecule has 0 saturated carbocycles. The zero-order valence-corrected chi connectivity index (χ0v) is 15.5. The highest BCUT2D eigenvalue weighted by Crippen LogP contribution is 2.41. The summed E-state index contributed by atoms with van der Waals surface area (Å²) in [4.78, 5) is 13.9. The van der Waals surface area contributed by atoms with Gasteiger partial charge in [0.25, 0.3) is 0 Å². The molecule has 0 aliphatic carbocycles. The number of halogens is 2. The summed E-state index contributed by atoms with van der Waals surface area (Å²) in [6.45, 7) is 1.39. The van der Waals surface area contributed by atoms with Crippen molar-refractivity contribution in [3.63, 3.8) is 0 Å². The van der Waals surface area contributed by atoms with E-state index in [0.29, 0.717) is 25.9 Å². The molecule has 0 spiro atoms. The van der Waals surface area contributed by atoms with E-state index in [4.69, 9.17) is 0 Å². The normalized spacial score (nSPS) is 16.2. The summed E-state index contributed by atoms with van der Waals surface area (Å²) in [5.41, 5.74) is -0.00201. The Morgan fingerprint density at radius 3 is 2.33 bits per heavy atom. The van der Waals surface area contributed by atoms with E-state index in [2.05, 4.69) is 5.32 Å². The van der Waals surface area contributed by atoms with Crippen LogP contribution >= 0.6 is 28.7 Å². The Morgan fingerprint density at radius 1 is 1.08 bits per heavy atom. The maximum absolute atomic E-state index is 13.1. The van der Waals surface area contributed by atoms with Crippen LogP contribution in [0.15, 0.2) is 58.3 Å². The molecule has 0 radical (unpaired) electrons. The number of nitrogens with one attached hydrogen (secondary N) is 1. The van der Waals surface area contributed by atoms with Gasteiger partial charge in [-0.15, -0.1) is 17.0 Å². The van der Waals surface area contributed by atoms with E-state index in [1.165, 1.54) is 23.9 Å². The van der Waals surface area contributed by atoms with Gasteiger partial charge in [0.15, 0.2) is 0 Å². The van der Waals surface area contributed by atoms with Crippen molar-refractivity contribution in [1.29, 1.82) is 0 Å². The van der Waals surface area contributed by atoms with E-state index in [1.54, 1.807) is 12.1 Å². The molecule has 24 heavy (non-hydrogen) atoms. The summed E-state index contributed by atoms with van der Waals surface area (Å²) >= 11 is 1.48. The van der Waals surface area contributed by atoms with E-state index >= 15 is 0 Å². The van der Waals surface area contributed by atoms with Crippen molar-refractivity contribution in [1.82, 2.24) is 5.32 Å². The summed E-state index contributed by atoms with van der Waals surface area (Å²) < 4.78 is 13.1. The number of hydrogen-bond acceptors (Lipinski definition) is 3. The molecule has 1 saturated heterocycles. The fraction of sp³-hybridized carbons (Fsp3) is 0.278. The lowest BCUT2D eigenvalue weighted by Crippen LogP contribution is -2.45. The standard InChI is InChI=1S/C18H18FNO2S.BrH/c19-13-5-7-14(8-6-13)23-16-4-2-1-3-15(16)18(17(21)22)9-11-20-12-10-18;/h1-8,20H,9-12H2,(H,21,22);1H. The lowest BCUT2D eigenvalue weighted by atomic mass is 9.73. The Labute approximate surface area is 155 Å². The van der Waals surface area contributed by atoms with Crippen molar-refractivity contribution in [3.8, 4) is 0 Å². The highest BCUT2D eigenvalue weighted by Gasteiger charge is 2.42. The number of rotatable bonds is 4. The van der Waals surface area contributed by atoms with Gasteiger partial charge in [0, 0.05) is 9.79 Å². The van der Waals surface area contributed by atoms with Crippen molar-refractivity contribution < 1.29 is 14.3 Å². The Bertz CT molecular complexity index is 702. The van der Waals surface area contributed by atoms with Crippen LogP contribution in [-0.2, 0) is 10.2 Å². The molecule has 0 amide bonds. The molecule has 2 aromatic rings. The van der Waals surface area contributed by atoms with Crippen LogP contribution in [0.3, 0.4) is 0 Å². The molecule has 1 aliphatic heterocycles. The molecule has 2 aromatic carbocycles. The molecule has 128 valence electrons. The minimum absolute atomic E-state index is 0. The van der Waals surface area contributed by atoms with Gasteiger partial charge in [-0.1, -0.05) is 30.0 Å². The zero-order chi connectivity index (χ0) is 16.3. The maximum atomic E-state index is 13.1. The van der Waals surface area contributed by atoms with Crippen molar-refractivity contribution in [2.75, 3.05) is 13.1 Å². The van der Waals surface area contributed by atoms with Crippen LogP contribution in [0, 0.1) is 5.82 Å². The van der Waals surface area contributed by atoms with Gasteiger partial charge in [0.05, 0.1) is 5.41 Å². The Kier molecular flexibility index (Phi) is 6.43. The molecule has 1 heterocycles. The number of piperidine rings is 1. The van der Waals surface area contributed by atoms with Crippen LogP contribution in [0.1, 0.15) is 18.4 Å². The number of carbonyl (C=O) groups is 1. The van der Waals surface area contributed by atoms with Gasteiger partial charge in [-0.3, -0.25) is 4.79 Å². The molecule has 0 aromatic heterocycles. The second kappa shape index (κ2) is 8.14. The molecule has 0 unspecified atom stereocenters. The molecule has 6 heteroatoms. The molecule has 3 rings (SSSR count). The van der Waals surface area contributed by atoms with E-state index in [0.717, 1.165) is 15.4 Å². The van der Waals surface area contributed by atoms with Crippen LogP contribution in [0.2, 0.25) is 0 Å². The number of benzene rings is 2. The largest absolute Gasteiger partial charge is 0.481 e. The highest BCUT2D eigenvalue weighted by atomic mass is 79.9.